The van der Waals surface area contributed by atoms with E-state index in [-0.39, 0.29) is 18.5 Å². The number of nitrogens with zero attached hydrogens (tertiary/aromatic N) is 4. The van der Waals surface area contributed by atoms with E-state index in [0.29, 0.717) is 22.3 Å². The molecule has 0 atom stereocenters. The van der Waals surface area contributed by atoms with Crippen LogP contribution in [-0.4, -0.2) is 38.0 Å². The lowest BCUT2D eigenvalue weighted by molar-refractivity contribution is -0.113. The van der Waals surface area contributed by atoms with Gasteiger partial charge >= 0.3 is 0 Å². The van der Waals surface area contributed by atoms with E-state index in [2.05, 4.69) is 34.3 Å². The molecule has 28 heavy (non-hydrogen) atoms. The highest BCUT2D eigenvalue weighted by Crippen LogP contribution is 2.34. The highest BCUT2D eigenvalue weighted by Gasteiger charge is 2.17. The van der Waals surface area contributed by atoms with Crippen LogP contribution in [0.4, 0.5) is 5.69 Å². The number of ether oxygens (including phenoxy) is 2. The van der Waals surface area contributed by atoms with Crippen LogP contribution < -0.4 is 14.8 Å². The van der Waals surface area contributed by atoms with Gasteiger partial charge in [0.2, 0.25) is 12.7 Å². The van der Waals surface area contributed by atoms with Crippen LogP contribution in [-0.2, 0) is 4.79 Å². The predicted octanol–water partition coefficient (Wildman–Crippen LogP) is 3.42. The van der Waals surface area contributed by atoms with Gasteiger partial charge in [0.1, 0.15) is 11.2 Å². The second-order valence-corrected chi connectivity index (χ2v) is 8.43. The Balaban J connectivity index is 1.33. The Hall–Kier alpha value is -2.85. The van der Waals surface area contributed by atoms with Crippen molar-refractivity contribution in [2.75, 3.05) is 17.9 Å². The molecule has 1 aliphatic heterocycles. The number of nitrogens with one attached hydrogen (secondary N) is 1. The molecule has 0 saturated carbocycles. The molecule has 142 valence electrons. The van der Waals surface area contributed by atoms with E-state index in [0.717, 1.165) is 15.9 Å². The molecule has 0 bridgehead atoms. The van der Waals surface area contributed by atoms with Crippen molar-refractivity contribution in [3.05, 3.63) is 35.0 Å². The maximum Gasteiger partial charge on any atom is 0.234 e. The van der Waals surface area contributed by atoms with Gasteiger partial charge in [-0.1, -0.05) is 11.8 Å². The topological polar surface area (TPSA) is 90.6 Å². The molecule has 0 radical (unpaired) electrons. The van der Waals surface area contributed by atoms with Gasteiger partial charge < -0.3 is 14.8 Å². The first-order valence-corrected chi connectivity index (χ1v) is 10.3. The van der Waals surface area contributed by atoms with Crippen molar-refractivity contribution in [2.24, 2.45) is 0 Å². The largest absolute Gasteiger partial charge is 0.454 e. The van der Waals surface area contributed by atoms with Gasteiger partial charge in [-0.25, -0.2) is 4.98 Å². The third kappa shape index (κ3) is 2.85. The lowest BCUT2D eigenvalue weighted by Gasteiger charge is -2.05. The third-order valence-electron chi connectivity index (χ3n) is 4.53. The molecule has 1 aliphatic rings. The normalized spacial score (nSPS) is 12.8. The van der Waals surface area contributed by atoms with Crippen LogP contribution in [0.1, 0.15) is 10.4 Å². The molecule has 1 amide bonds. The van der Waals surface area contributed by atoms with Gasteiger partial charge in [-0.15, -0.1) is 21.5 Å². The molecule has 0 spiro atoms. The number of anilines is 1. The van der Waals surface area contributed by atoms with Crippen molar-refractivity contribution in [3.63, 3.8) is 0 Å². The summed E-state index contributed by atoms with van der Waals surface area (Å²) < 4.78 is 12.4. The van der Waals surface area contributed by atoms with Gasteiger partial charge in [0, 0.05) is 16.6 Å². The summed E-state index contributed by atoms with van der Waals surface area (Å²) in [6.45, 7) is 4.34. The molecular weight excluding hydrogens is 398 g/mol. The third-order valence-corrected chi connectivity index (χ3v) is 6.59. The highest BCUT2D eigenvalue weighted by atomic mass is 32.2. The van der Waals surface area contributed by atoms with Gasteiger partial charge in [0.05, 0.1) is 11.1 Å². The second-order valence-electron chi connectivity index (χ2n) is 6.29. The molecule has 0 fully saturated rings. The number of benzene rings is 1. The van der Waals surface area contributed by atoms with Crippen molar-refractivity contribution in [2.45, 2.75) is 19.0 Å². The first-order chi connectivity index (χ1) is 13.6. The number of aryl methyl sites for hydroxylation is 2. The number of hydrogen-bond donors (Lipinski definition) is 1. The zero-order chi connectivity index (χ0) is 19.3. The van der Waals surface area contributed by atoms with Crippen molar-refractivity contribution in [1.29, 1.82) is 0 Å². The van der Waals surface area contributed by atoms with Crippen molar-refractivity contribution in [3.8, 4) is 11.5 Å². The Morgan fingerprint density at radius 3 is 3.04 bits per heavy atom. The molecule has 0 saturated heterocycles. The molecule has 0 unspecified atom stereocenters. The number of carbonyl (C=O) groups is 1. The average molecular weight is 413 g/mol. The SMILES string of the molecule is Cc1sc2ncn3c(SCC(=O)Nc4ccc5c(c4)OCO5)nnc3c2c1C. The monoisotopic (exact) mass is 413 g/mol. The quantitative estimate of drug-likeness (QED) is 0.513. The van der Waals surface area contributed by atoms with Gasteiger partial charge in [-0.05, 0) is 31.5 Å². The molecule has 8 nitrogen and oxygen atoms in total. The van der Waals surface area contributed by atoms with Crippen LogP contribution in [0.5, 0.6) is 11.5 Å². The van der Waals surface area contributed by atoms with Crippen LogP contribution in [0.15, 0.2) is 29.7 Å². The summed E-state index contributed by atoms with van der Waals surface area (Å²) in [4.78, 5) is 19.0. The Kier molecular flexibility index (Phi) is 4.09. The predicted molar refractivity (Wildman–Crippen MR) is 108 cm³/mol. The minimum atomic E-state index is -0.141. The number of rotatable bonds is 4. The van der Waals surface area contributed by atoms with Gasteiger partial charge in [0.25, 0.3) is 0 Å². The lowest BCUT2D eigenvalue weighted by Crippen LogP contribution is -2.14. The van der Waals surface area contributed by atoms with Crippen LogP contribution in [0, 0.1) is 13.8 Å². The zero-order valence-electron chi connectivity index (χ0n) is 15.1. The number of thiophene rings is 1. The molecule has 3 aromatic heterocycles. The Morgan fingerprint density at radius 2 is 2.14 bits per heavy atom. The molecular formula is C18H15N5O3S2. The second kappa shape index (κ2) is 6.64. The standard InChI is InChI=1S/C18H15N5O3S2/c1-9-10(2)28-17-15(9)16-21-22-18(23(16)7-19-17)27-6-14(24)20-11-3-4-12-13(5-11)26-8-25-12/h3-5,7H,6,8H2,1-2H3,(H,20,24). The summed E-state index contributed by atoms with van der Waals surface area (Å²) >= 11 is 2.96. The maximum absolute atomic E-state index is 12.3. The number of amides is 1. The van der Waals surface area contributed by atoms with Gasteiger partial charge in [0.15, 0.2) is 22.3 Å². The van der Waals surface area contributed by atoms with E-state index in [1.54, 1.807) is 35.9 Å². The summed E-state index contributed by atoms with van der Waals surface area (Å²) in [5, 5.41) is 13.1. The van der Waals surface area contributed by atoms with Crippen LogP contribution >= 0.6 is 23.1 Å². The Labute approximate surface area is 167 Å². The van der Waals surface area contributed by atoms with E-state index in [4.69, 9.17) is 9.47 Å². The number of carbonyl (C=O) groups excluding carboxylic acids is 1. The van der Waals surface area contributed by atoms with Crippen molar-refractivity contribution in [1.82, 2.24) is 19.6 Å². The molecule has 0 aliphatic carbocycles. The Bertz CT molecular complexity index is 1230. The minimum Gasteiger partial charge on any atom is -0.454 e. The fourth-order valence-electron chi connectivity index (χ4n) is 3.02. The van der Waals surface area contributed by atoms with Gasteiger partial charge in [-0.2, -0.15) is 0 Å². The molecule has 4 aromatic rings. The van der Waals surface area contributed by atoms with Crippen molar-refractivity contribution >= 4 is 50.6 Å². The average Bonchev–Trinajstić information content (AvgIpc) is 3.37. The molecule has 1 N–H and O–H groups in total. The fourth-order valence-corrected chi connectivity index (χ4v) is 4.72. The maximum atomic E-state index is 12.3. The van der Waals surface area contributed by atoms with Crippen molar-refractivity contribution < 1.29 is 14.3 Å². The van der Waals surface area contributed by atoms with E-state index >= 15 is 0 Å². The number of thioether (sulfide) groups is 1. The van der Waals surface area contributed by atoms with Crippen LogP contribution in [0.25, 0.3) is 15.9 Å². The Morgan fingerprint density at radius 1 is 1.29 bits per heavy atom. The first-order valence-electron chi connectivity index (χ1n) is 8.52. The van der Waals surface area contributed by atoms with E-state index < -0.39 is 0 Å². The molecule has 10 heteroatoms. The number of fused-ring (bicyclic) bond motifs is 4. The summed E-state index contributed by atoms with van der Waals surface area (Å²) in [6.07, 6.45) is 1.71. The fraction of sp³-hybridized carbons (Fsp3) is 0.222. The zero-order valence-corrected chi connectivity index (χ0v) is 16.7. The van der Waals surface area contributed by atoms with E-state index in [1.807, 2.05) is 4.40 Å². The number of hydrogen-bond acceptors (Lipinski definition) is 8. The van der Waals surface area contributed by atoms with E-state index in [9.17, 15) is 4.79 Å². The summed E-state index contributed by atoms with van der Waals surface area (Å²) in [5.74, 6) is 1.37. The summed E-state index contributed by atoms with van der Waals surface area (Å²) in [6, 6.07) is 5.31. The van der Waals surface area contributed by atoms with Crippen LogP contribution in [0.2, 0.25) is 0 Å². The first kappa shape index (κ1) is 17.3. The van der Waals surface area contributed by atoms with E-state index in [1.165, 1.54) is 22.2 Å². The van der Waals surface area contributed by atoms with Crippen LogP contribution in [0.3, 0.4) is 0 Å². The smallest absolute Gasteiger partial charge is 0.234 e. The molecule has 1 aromatic carbocycles. The highest BCUT2D eigenvalue weighted by molar-refractivity contribution is 7.99. The number of aromatic nitrogens is 4. The molecule has 5 rings (SSSR count). The lowest BCUT2D eigenvalue weighted by atomic mass is 10.2. The minimum absolute atomic E-state index is 0.141. The summed E-state index contributed by atoms with van der Waals surface area (Å²) in [5.41, 5.74) is 2.60. The molecule has 4 heterocycles. The van der Waals surface area contributed by atoms with Gasteiger partial charge in [-0.3, -0.25) is 9.20 Å². The summed E-state index contributed by atoms with van der Waals surface area (Å²) in [7, 11) is 0.